The number of non-ortho nitro benzene ring substituents is 1. The summed E-state index contributed by atoms with van der Waals surface area (Å²) in [6, 6.07) is 6.37. The van der Waals surface area contributed by atoms with Gasteiger partial charge in [-0.15, -0.1) is 0 Å². The zero-order chi connectivity index (χ0) is 12.7. The fourth-order valence-corrected chi connectivity index (χ4v) is 1.48. The number of nitrogens with one attached hydrogen (secondary N) is 1. The molecule has 0 aliphatic heterocycles. The molecule has 1 rings (SSSR count). The largest absolute Gasteiger partial charge is 0.396 e. The molecule has 0 amide bonds. The molecule has 0 spiro atoms. The standard InChI is InChI=1S/C12H18N2O3/c1-10(9-15)3-2-8-13-11-4-6-12(7-5-11)14(16)17/h4-7,10,13,15H,2-3,8-9H2,1H3. The first-order chi connectivity index (χ1) is 8.13. The van der Waals surface area contributed by atoms with Gasteiger partial charge in [-0.05, 0) is 30.9 Å². The second-order valence-corrected chi connectivity index (χ2v) is 4.16. The van der Waals surface area contributed by atoms with E-state index in [0.29, 0.717) is 5.92 Å². The molecule has 2 N–H and O–H groups in total. The summed E-state index contributed by atoms with van der Waals surface area (Å²) in [5.41, 5.74) is 0.983. The molecule has 0 aliphatic rings. The SMILES string of the molecule is CC(CO)CCCNc1ccc([N+](=O)[O-])cc1. The van der Waals surface area contributed by atoms with E-state index in [9.17, 15) is 10.1 Å². The zero-order valence-electron chi connectivity index (χ0n) is 9.93. The minimum Gasteiger partial charge on any atom is -0.396 e. The van der Waals surface area contributed by atoms with Crippen LogP contribution in [0.5, 0.6) is 0 Å². The van der Waals surface area contributed by atoms with Crippen molar-refractivity contribution in [2.24, 2.45) is 5.92 Å². The number of hydrogen-bond donors (Lipinski definition) is 2. The Morgan fingerprint density at radius 2 is 2.06 bits per heavy atom. The number of nitro benzene ring substituents is 1. The lowest BCUT2D eigenvalue weighted by atomic mass is 10.1. The van der Waals surface area contributed by atoms with Crippen molar-refractivity contribution in [2.45, 2.75) is 19.8 Å². The van der Waals surface area contributed by atoms with Gasteiger partial charge in [-0.25, -0.2) is 0 Å². The van der Waals surface area contributed by atoms with Gasteiger partial charge in [0.15, 0.2) is 0 Å². The minimum atomic E-state index is -0.410. The highest BCUT2D eigenvalue weighted by Gasteiger charge is 2.03. The van der Waals surface area contributed by atoms with E-state index >= 15 is 0 Å². The van der Waals surface area contributed by atoms with Crippen LogP contribution in [0.3, 0.4) is 0 Å². The van der Waals surface area contributed by atoms with Crippen LogP contribution in [-0.4, -0.2) is 23.2 Å². The molecule has 1 aromatic rings. The smallest absolute Gasteiger partial charge is 0.269 e. The highest BCUT2D eigenvalue weighted by Crippen LogP contribution is 2.15. The molecule has 0 saturated heterocycles. The maximum atomic E-state index is 10.4. The van der Waals surface area contributed by atoms with Crippen LogP contribution in [0, 0.1) is 16.0 Å². The summed E-state index contributed by atoms with van der Waals surface area (Å²) in [5.74, 6) is 0.327. The Hall–Kier alpha value is -1.62. The lowest BCUT2D eigenvalue weighted by molar-refractivity contribution is -0.384. The van der Waals surface area contributed by atoms with E-state index in [1.165, 1.54) is 12.1 Å². The van der Waals surface area contributed by atoms with E-state index in [1.807, 2.05) is 6.92 Å². The molecular formula is C12H18N2O3. The maximum Gasteiger partial charge on any atom is 0.269 e. The predicted octanol–water partition coefficient (Wildman–Crippen LogP) is 2.42. The van der Waals surface area contributed by atoms with Crippen molar-refractivity contribution in [3.63, 3.8) is 0 Å². The van der Waals surface area contributed by atoms with Crippen LogP contribution in [0.4, 0.5) is 11.4 Å². The number of aliphatic hydroxyl groups excluding tert-OH is 1. The average Bonchev–Trinajstić information content (AvgIpc) is 2.34. The molecular weight excluding hydrogens is 220 g/mol. The van der Waals surface area contributed by atoms with Gasteiger partial charge < -0.3 is 10.4 Å². The quantitative estimate of drug-likeness (QED) is 0.434. The lowest BCUT2D eigenvalue weighted by Crippen LogP contribution is -2.06. The third-order valence-corrected chi connectivity index (χ3v) is 2.59. The second kappa shape index (κ2) is 6.85. The van der Waals surface area contributed by atoms with E-state index in [1.54, 1.807) is 12.1 Å². The maximum absolute atomic E-state index is 10.4. The molecule has 5 nitrogen and oxygen atoms in total. The molecule has 1 atom stereocenters. The summed E-state index contributed by atoms with van der Waals surface area (Å²) in [7, 11) is 0. The fourth-order valence-electron chi connectivity index (χ4n) is 1.48. The van der Waals surface area contributed by atoms with Crippen molar-refractivity contribution < 1.29 is 10.0 Å². The highest BCUT2D eigenvalue weighted by molar-refractivity contribution is 5.48. The Morgan fingerprint density at radius 3 is 2.59 bits per heavy atom. The summed E-state index contributed by atoms with van der Waals surface area (Å²) < 4.78 is 0. The fraction of sp³-hybridized carbons (Fsp3) is 0.500. The molecule has 0 aromatic heterocycles. The van der Waals surface area contributed by atoms with Gasteiger partial charge in [-0.1, -0.05) is 6.92 Å². The van der Waals surface area contributed by atoms with Gasteiger partial charge in [0.25, 0.3) is 5.69 Å². The molecule has 0 saturated carbocycles. The number of hydrogen-bond acceptors (Lipinski definition) is 4. The van der Waals surface area contributed by atoms with Gasteiger partial charge in [-0.2, -0.15) is 0 Å². The van der Waals surface area contributed by atoms with Crippen molar-refractivity contribution in [1.29, 1.82) is 0 Å². The molecule has 1 aromatic carbocycles. The van der Waals surface area contributed by atoms with E-state index < -0.39 is 4.92 Å². The van der Waals surface area contributed by atoms with Crippen LogP contribution in [0.2, 0.25) is 0 Å². The number of benzene rings is 1. The van der Waals surface area contributed by atoms with Crippen LogP contribution in [-0.2, 0) is 0 Å². The number of nitro groups is 1. The molecule has 94 valence electrons. The summed E-state index contributed by atoms with van der Waals surface area (Å²) in [5, 5.41) is 22.5. The summed E-state index contributed by atoms with van der Waals surface area (Å²) in [6.45, 7) is 3.03. The first-order valence-electron chi connectivity index (χ1n) is 5.72. The summed E-state index contributed by atoms with van der Waals surface area (Å²) >= 11 is 0. The van der Waals surface area contributed by atoms with Gasteiger partial charge >= 0.3 is 0 Å². The van der Waals surface area contributed by atoms with Crippen LogP contribution in [0.25, 0.3) is 0 Å². The lowest BCUT2D eigenvalue weighted by Gasteiger charge is -2.09. The Labute approximate surface area is 101 Å². The Morgan fingerprint density at radius 1 is 1.41 bits per heavy atom. The first kappa shape index (κ1) is 13.4. The Bertz CT molecular complexity index is 351. The number of nitrogens with zero attached hydrogens (tertiary/aromatic N) is 1. The highest BCUT2D eigenvalue weighted by atomic mass is 16.6. The zero-order valence-corrected chi connectivity index (χ0v) is 9.93. The number of rotatable bonds is 7. The third-order valence-electron chi connectivity index (χ3n) is 2.59. The van der Waals surface area contributed by atoms with Gasteiger partial charge in [0, 0.05) is 31.0 Å². The van der Waals surface area contributed by atoms with Crippen molar-refractivity contribution in [3.05, 3.63) is 34.4 Å². The van der Waals surface area contributed by atoms with Gasteiger partial charge in [0.05, 0.1) is 4.92 Å². The van der Waals surface area contributed by atoms with Crippen LogP contribution >= 0.6 is 0 Å². The molecule has 17 heavy (non-hydrogen) atoms. The third kappa shape index (κ3) is 4.82. The molecule has 0 aliphatic carbocycles. The molecule has 5 heteroatoms. The van der Waals surface area contributed by atoms with Crippen molar-refractivity contribution in [3.8, 4) is 0 Å². The first-order valence-corrected chi connectivity index (χ1v) is 5.72. The van der Waals surface area contributed by atoms with Crippen molar-refractivity contribution >= 4 is 11.4 Å². The van der Waals surface area contributed by atoms with E-state index in [4.69, 9.17) is 5.11 Å². The molecule has 0 radical (unpaired) electrons. The molecule has 1 unspecified atom stereocenters. The molecule has 0 heterocycles. The van der Waals surface area contributed by atoms with E-state index in [2.05, 4.69) is 5.32 Å². The molecule has 0 fully saturated rings. The summed E-state index contributed by atoms with van der Waals surface area (Å²) in [4.78, 5) is 10.0. The topological polar surface area (TPSA) is 75.4 Å². The Kier molecular flexibility index (Phi) is 5.42. The van der Waals surface area contributed by atoms with E-state index in [-0.39, 0.29) is 12.3 Å². The van der Waals surface area contributed by atoms with Crippen LogP contribution in [0.1, 0.15) is 19.8 Å². The predicted molar refractivity (Wildman–Crippen MR) is 67.1 cm³/mol. The molecule has 0 bridgehead atoms. The number of anilines is 1. The monoisotopic (exact) mass is 238 g/mol. The van der Waals surface area contributed by atoms with Crippen LogP contribution in [0.15, 0.2) is 24.3 Å². The van der Waals surface area contributed by atoms with Crippen molar-refractivity contribution in [1.82, 2.24) is 0 Å². The minimum absolute atomic E-state index is 0.101. The second-order valence-electron chi connectivity index (χ2n) is 4.16. The Balaban J connectivity index is 2.30. The van der Waals surface area contributed by atoms with Gasteiger partial charge in [0.1, 0.15) is 0 Å². The normalized spacial score (nSPS) is 12.1. The summed E-state index contributed by atoms with van der Waals surface area (Å²) in [6.07, 6.45) is 1.94. The van der Waals surface area contributed by atoms with Gasteiger partial charge in [-0.3, -0.25) is 10.1 Å². The van der Waals surface area contributed by atoms with Gasteiger partial charge in [0.2, 0.25) is 0 Å². The van der Waals surface area contributed by atoms with Crippen LogP contribution < -0.4 is 5.32 Å². The van der Waals surface area contributed by atoms with Crippen molar-refractivity contribution in [2.75, 3.05) is 18.5 Å². The van der Waals surface area contributed by atoms with E-state index in [0.717, 1.165) is 25.1 Å². The number of aliphatic hydroxyl groups is 1. The average molecular weight is 238 g/mol.